The Balaban J connectivity index is 1.38. The number of H-pyrrole nitrogens is 1. The summed E-state index contributed by atoms with van der Waals surface area (Å²) in [5, 5.41) is 1.14. The van der Waals surface area contributed by atoms with Gasteiger partial charge in [0.15, 0.2) is 0 Å². The summed E-state index contributed by atoms with van der Waals surface area (Å²) in [6.07, 6.45) is 8.50. The van der Waals surface area contributed by atoms with Gasteiger partial charge in [-0.1, -0.05) is 57.9 Å². The summed E-state index contributed by atoms with van der Waals surface area (Å²) in [6.45, 7) is 0.787. The van der Waals surface area contributed by atoms with E-state index in [2.05, 4.69) is 39.1 Å². The molecule has 1 saturated heterocycles. The van der Waals surface area contributed by atoms with Crippen LogP contribution in [0.4, 0.5) is 0 Å². The Bertz CT molecular complexity index is 1290. The van der Waals surface area contributed by atoms with Gasteiger partial charge in [-0.15, -0.1) is 0 Å². The molecule has 6 rings (SSSR count). The van der Waals surface area contributed by atoms with Crippen LogP contribution in [-0.4, -0.2) is 45.7 Å². The van der Waals surface area contributed by atoms with E-state index in [9.17, 15) is 9.59 Å². The largest absolute Gasteiger partial charge is 0.356 e. The van der Waals surface area contributed by atoms with E-state index in [0.717, 1.165) is 51.5 Å². The van der Waals surface area contributed by atoms with E-state index in [1.165, 1.54) is 18.4 Å². The van der Waals surface area contributed by atoms with Crippen LogP contribution in [-0.2, 0) is 16.0 Å². The van der Waals surface area contributed by atoms with Crippen molar-refractivity contribution >= 4 is 38.6 Å². The number of piperazine rings is 1. The molecule has 0 saturated carbocycles. The molecule has 0 radical (unpaired) electrons. The molecule has 2 atom stereocenters. The number of allylic oxidation sites excluding steroid dienone is 1. The second kappa shape index (κ2) is 8.73. The Kier molecular flexibility index (Phi) is 5.56. The van der Waals surface area contributed by atoms with E-state index in [1.54, 1.807) is 4.90 Å². The number of hydrogen-bond donors (Lipinski definition) is 1. The molecule has 1 aliphatic carbocycles. The summed E-state index contributed by atoms with van der Waals surface area (Å²) in [6, 6.07) is 15.6. The van der Waals surface area contributed by atoms with Gasteiger partial charge in [0, 0.05) is 34.0 Å². The highest BCUT2D eigenvalue weighted by molar-refractivity contribution is 9.10. The fourth-order valence-corrected chi connectivity index (χ4v) is 6.18. The number of benzene rings is 2. The zero-order valence-electron chi connectivity index (χ0n) is 19.1. The van der Waals surface area contributed by atoms with Crippen LogP contribution < -0.4 is 0 Å². The number of fused-ring (bicyclic) bond motifs is 4. The minimum Gasteiger partial charge on any atom is -0.356 e. The summed E-state index contributed by atoms with van der Waals surface area (Å²) >= 11 is 3.52. The van der Waals surface area contributed by atoms with E-state index in [1.807, 2.05) is 41.3 Å². The molecule has 1 fully saturated rings. The monoisotopic (exact) mass is 517 g/mol. The zero-order valence-corrected chi connectivity index (χ0v) is 20.7. The highest BCUT2D eigenvalue weighted by atomic mass is 79.9. The Morgan fingerprint density at radius 1 is 1.03 bits per heavy atom. The number of aromatic amines is 1. The van der Waals surface area contributed by atoms with Crippen molar-refractivity contribution < 1.29 is 9.59 Å². The maximum Gasteiger partial charge on any atom is 0.246 e. The highest BCUT2D eigenvalue weighted by Crippen LogP contribution is 2.42. The fraction of sp³-hybridized carbons (Fsp3) is 0.357. The van der Waals surface area contributed by atoms with Crippen LogP contribution in [0.15, 0.2) is 64.7 Å². The van der Waals surface area contributed by atoms with Crippen LogP contribution in [0, 0.1) is 0 Å². The molecule has 3 heterocycles. The summed E-state index contributed by atoms with van der Waals surface area (Å²) < 4.78 is 0.990. The number of nitrogens with one attached hydrogen (secondary N) is 1. The first-order chi connectivity index (χ1) is 16.6. The third-order valence-electron chi connectivity index (χ3n) is 7.62. The third kappa shape index (κ3) is 3.68. The Hall–Kier alpha value is -2.86. The predicted molar refractivity (Wildman–Crippen MR) is 136 cm³/mol. The quantitative estimate of drug-likeness (QED) is 0.464. The van der Waals surface area contributed by atoms with Gasteiger partial charge in [-0.05, 0) is 61.4 Å². The average Bonchev–Trinajstić information content (AvgIpc) is 3.24. The van der Waals surface area contributed by atoms with Gasteiger partial charge in [0.25, 0.3) is 0 Å². The van der Waals surface area contributed by atoms with E-state index >= 15 is 0 Å². The Morgan fingerprint density at radius 2 is 1.85 bits per heavy atom. The van der Waals surface area contributed by atoms with E-state index in [-0.39, 0.29) is 24.4 Å². The molecule has 2 unspecified atom stereocenters. The number of para-hydroxylation sites is 1. The molecule has 2 amide bonds. The second-order valence-electron chi connectivity index (χ2n) is 9.66. The molecule has 3 aliphatic rings. The molecule has 1 aromatic heterocycles. The van der Waals surface area contributed by atoms with Gasteiger partial charge >= 0.3 is 0 Å². The number of amides is 2. The van der Waals surface area contributed by atoms with E-state index in [0.29, 0.717) is 13.0 Å². The number of aromatic nitrogens is 1. The van der Waals surface area contributed by atoms with Crippen molar-refractivity contribution in [3.8, 4) is 0 Å². The van der Waals surface area contributed by atoms with Crippen LogP contribution in [0.25, 0.3) is 10.9 Å². The van der Waals surface area contributed by atoms with Gasteiger partial charge < -0.3 is 14.8 Å². The first kappa shape index (κ1) is 21.7. The molecule has 174 valence electrons. The zero-order chi connectivity index (χ0) is 23.2. The summed E-state index contributed by atoms with van der Waals surface area (Å²) in [7, 11) is 0. The molecule has 2 aliphatic heterocycles. The van der Waals surface area contributed by atoms with Crippen LogP contribution in [0.3, 0.4) is 0 Å². The summed E-state index contributed by atoms with van der Waals surface area (Å²) in [5.41, 5.74) is 5.69. The molecule has 2 aromatic carbocycles. The van der Waals surface area contributed by atoms with Crippen molar-refractivity contribution in [2.75, 3.05) is 13.1 Å². The van der Waals surface area contributed by atoms with Gasteiger partial charge in [0.1, 0.15) is 6.04 Å². The van der Waals surface area contributed by atoms with Crippen molar-refractivity contribution in [3.63, 3.8) is 0 Å². The van der Waals surface area contributed by atoms with Crippen LogP contribution in [0.5, 0.6) is 0 Å². The number of halogens is 1. The molecular weight excluding hydrogens is 490 g/mol. The number of nitrogens with zero attached hydrogens (tertiary/aromatic N) is 2. The van der Waals surface area contributed by atoms with Crippen molar-refractivity contribution in [1.29, 1.82) is 0 Å². The van der Waals surface area contributed by atoms with Crippen LogP contribution >= 0.6 is 15.9 Å². The van der Waals surface area contributed by atoms with Crippen molar-refractivity contribution in [1.82, 2.24) is 14.8 Å². The standard InChI is InChI=1S/C28H28BrN3O2/c29-20-12-10-19(11-13-20)27-26-22(21-8-4-5-9-23(21)30-26)16-24-28(34)31(17-25(33)32(24)27)15-14-18-6-2-1-3-7-18/h4-6,8-13,24,27,30H,1-3,7,14-17H2. The number of rotatable bonds is 4. The van der Waals surface area contributed by atoms with Crippen molar-refractivity contribution in [2.45, 2.75) is 50.6 Å². The summed E-state index contributed by atoms with van der Waals surface area (Å²) in [4.78, 5) is 34.6. The second-order valence-corrected chi connectivity index (χ2v) is 10.6. The first-order valence-corrected chi connectivity index (χ1v) is 13.0. The Morgan fingerprint density at radius 3 is 2.65 bits per heavy atom. The normalized spacial score (nSPS) is 22.6. The average molecular weight is 518 g/mol. The van der Waals surface area contributed by atoms with Gasteiger partial charge in [-0.3, -0.25) is 9.59 Å². The van der Waals surface area contributed by atoms with Gasteiger partial charge in [0.05, 0.1) is 12.6 Å². The van der Waals surface area contributed by atoms with Gasteiger partial charge in [0.2, 0.25) is 11.8 Å². The fourth-order valence-electron chi connectivity index (χ4n) is 5.91. The topological polar surface area (TPSA) is 56.4 Å². The molecule has 3 aromatic rings. The van der Waals surface area contributed by atoms with Crippen molar-refractivity contribution in [2.24, 2.45) is 0 Å². The van der Waals surface area contributed by atoms with Crippen LogP contribution in [0.2, 0.25) is 0 Å². The lowest BCUT2D eigenvalue weighted by atomic mass is 9.86. The smallest absolute Gasteiger partial charge is 0.246 e. The number of carbonyl (C=O) groups excluding carboxylic acids is 2. The molecular formula is C28H28BrN3O2. The number of carbonyl (C=O) groups is 2. The lowest BCUT2D eigenvalue weighted by Crippen LogP contribution is -2.63. The van der Waals surface area contributed by atoms with Crippen molar-refractivity contribution in [3.05, 3.63) is 81.5 Å². The maximum absolute atomic E-state index is 13.8. The van der Waals surface area contributed by atoms with Gasteiger partial charge in [-0.2, -0.15) is 0 Å². The van der Waals surface area contributed by atoms with Gasteiger partial charge in [-0.25, -0.2) is 0 Å². The molecule has 0 spiro atoms. The van der Waals surface area contributed by atoms with E-state index in [4.69, 9.17) is 0 Å². The third-order valence-corrected chi connectivity index (χ3v) is 8.14. The highest BCUT2D eigenvalue weighted by Gasteiger charge is 2.48. The Labute approximate surface area is 207 Å². The first-order valence-electron chi connectivity index (χ1n) is 12.2. The van der Waals surface area contributed by atoms with Crippen LogP contribution in [0.1, 0.15) is 55.0 Å². The number of hydrogen-bond acceptors (Lipinski definition) is 2. The molecule has 5 nitrogen and oxygen atoms in total. The molecule has 0 bridgehead atoms. The molecule has 34 heavy (non-hydrogen) atoms. The SMILES string of the molecule is O=C1C2Cc3c([nH]c4ccccc34)C(c3ccc(Br)cc3)N2C(=O)CN1CCC1=CCCCC1. The van der Waals surface area contributed by atoms with E-state index < -0.39 is 6.04 Å². The molecule has 6 heteroatoms. The predicted octanol–water partition coefficient (Wildman–Crippen LogP) is 5.51. The minimum atomic E-state index is -0.470. The minimum absolute atomic E-state index is 0.0273. The summed E-state index contributed by atoms with van der Waals surface area (Å²) in [5.74, 6) is 0.105. The molecule has 1 N–H and O–H groups in total. The maximum atomic E-state index is 13.8. The lowest BCUT2D eigenvalue weighted by Gasteiger charge is -2.47. The lowest BCUT2D eigenvalue weighted by molar-refractivity contribution is -0.158.